The van der Waals surface area contributed by atoms with Gasteiger partial charge in [0.2, 0.25) is 0 Å². The first kappa shape index (κ1) is 20.9. The van der Waals surface area contributed by atoms with Crippen molar-refractivity contribution in [1.82, 2.24) is 15.2 Å². The van der Waals surface area contributed by atoms with Crippen molar-refractivity contribution in [2.75, 3.05) is 23.3 Å². The van der Waals surface area contributed by atoms with Crippen molar-refractivity contribution >= 4 is 17.3 Å². The summed E-state index contributed by atoms with van der Waals surface area (Å²) in [6, 6.07) is 12.1. The molecule has 2 aromatic heterocycles. The second-order valence-corrected chi connectivity index (χ2v) is 7.42. The van der Waals surface area contributed by atoms with Crippen molar-refractivity contribution < 1.29 is 18.3 Å². The van der Waals surface area contributed by atoms with Crippen molar-refractivity contribution in [3.8, 4) is 16.9 Å². The highest BCUT2D eigenvalue weighted by atomic mass is 19.3. The third-order valence-corrected chi connectivity index (χ3v) is 4.83. The number of nitrogens with one attached hydrogen (secondary N) is 1. The van der Waals surface area contributed by atoms with E-state index in [2.05, 4.69) is 44.0 Å². The molecule has 31 heavy (non-hydrogen) atoms. The molecule has 3 heterocycles. The molecule has 7 nitrogen and oxygen atoms in total. The third kappa shape index (κ3) is 5.43. The fourth-order valence-electron chi connectivity index (χ4n) is 3.60. The summed E-state index contributed by atoms with van der Waals surface area (Å²) in [5, 5.41) is 11.5. The van der Waals surface area contributed by atoms with E-state index in [1.807, 2.05) is 18.2 Å². The number of halogens is 2. The molecule has 2 atom stereocenters. The third-order valence-electron chi connectivity index (χ3n) is 4.83. The van der Waals surface area contributed by atoms with Gasteiger partial charge in [0.05, 0.1) is 18.4 Å². The Morgan fingerprint density at radius 1 is 1.06 bits per heavy atom. The van der Waals surface area contributed by atoms with Crippen molar-refractivity contribution in [3.63, 3.8) is 0 Å². The van der Waals surface area contributed by atoms with Gasteiger partial charge in [-0.3, -0.25) is 0 Å². The predicted molar refractivity (Wildman–Crippen MR) is 114 cm³/mol. The lowest BCUT2D eigenvalue weighted by molar-refractivity contribution is -0.0498. The number of hydrogen-bond acceptors (Lipinski definition) is 7. The van der Waals surface area contributed by atoms with Crippen LogP contribution in [0.15, 0.2) is 54.9 Å². The molecule has 4 rings (SSSR count). The van der Waals surface area contributed by atoms with Gasteiger partial charge < -0.3 is 19.7 Å². The molecule has 3 aromatic rings. The molecule has 0 bridgehead atoms. The number of morpholine rings is 1. The van der Waals surface area contributed by atoms with Crippen LogP contribution in [0.2, 0.25) is 0 Å². The Bertz CT molecular complexity index is 1010. The molecule has 1 aliphatic rings. The first-order valence-electron chi connectivity index (χ1n) is 9.98. The minimum Gasteiger partial charge on any atom is -0.435 e. The number of benzene rings is 1. The summed E-state index contributed by atoms with van der Waals surface area (Å²) in [5.41, 5.74) is 2.45. The second-order valence-electron chi connectivity index (χ2n) is 7.42. The Hall–Kier alpha value is -3.33. The topological polar surface area (TPSA) is 72.4 Å². The zero-order valence-corrected chi connectivity index (χ0v) is 17.2. The molecule has 1 saturated heterocycles. The van der Waals surface area contributed by atoms with Gasteiger partial charge in [-0.1, -0.05) is 12.1 Å². The van der Waals surface area contributed by atoms with E-state index in [0.29, 0.717) is 5.82 Å². The highest BCUT2D eigenvalue weighted by molar-refractivity contribution is 5.68. The Kier molecular flexibility index (Phi) is 6.22. The van der Waals surface area contributed by atoms with Crippen molar-refractivity contribution in [3.05, 3.63) is 54.9 Å². The molecule has 0 unspecified atom stereocenters. The maximum Gasteiger partial charge on any atom is 0.387 e. The van der Waals surface area contributed by atoms with E-state index in [1.54, 1.807) is 24.5 Å². The second kappa shape index (κ2) is 9.22. The molecule has 9 heteroatoms. The zero-order valence-electron chi connectivity index (χ0n) is 17.2. The lowest BCUT2D eigenvalue weighted by Gasteiger charge is -2.36. The van der Waals surface area contributed by atoms with Crippen LogP contribution in [0.4, 0.5) is 26.1 Å². The van der Waals surface area contributed by atoms with E-state index in [4.69, 9.17) is 4.74 Å². The van der Waals surface area contributed by atoms with Crippen LogP contribution in [-0.4, -0.2) is 47.1 Å². The summed E-state index contributed by atoms with van der Waals surface area (Å²) in [5.74, 6) is 1.53. The van der Waals surface area contributed by atoms with Crippen LogP contribution in [0.1, 0.15) is 13.8 Å². The van der Waals surface area contributed by atoms with Gasteiger partial charge in [0.1, 0.15) is 11.6 Å². The van der Waals surface area contributed by atoms with Crippen LogP contribution in [-0.2, 0) is 4.74 Å². The van der Waals surface area contributed by atoms with Gasteiger partial charge in [0, 0.05) is 36.6 Å². The molecule has 1 aromatic carbocycles. The fraction of sp³-hybridized carbons (Fsp3) is 0.318. The van der Waals surface area contributed by atoms with Crippen LogP contribution in [0, 0.1) is 0 Å². The molecule has 1 N–H and O–H groups in total. The number of rotatable bonds is 6. The van der Waals surface area contributed by atoms with Gasteiger partial charge >= 0.3 is 6.61 Å². The molecule has 0 spiro atoms. The van der Waals surface area contributed by atoms with E-state index < -0.39 is 6.61 Å². The van der Waals surface area contributed by atoms with Crippen molar-refractivity contribution in [2.24, 2.45) is 0 Å². The molecule has 0 aliphatic carbocycles. The predicted octanol–water partition coefficient (Wildman–Crippen LogP) is 4.50. The number of hydrogen-bond donors (Lipinski definition) is 1. The number of nitrogens with zero attached hydrogens (tertiary/aromatic N) is 4. The highest BCUT2D eigenvalue weighted by Crippen LogP contribution is 2.26. The van der Waals surface area contributed by atoms with E-state index in [0.717, 1.165) is 35.7 Å². The SMILES string of the molecule is C[C@@H]1CN(c2cc(Nc3cc(-c4ccc(OC(F)F)cc4)cnn3)ccn2)C[C@H](C)O1. The van der Waals surface area contributed by atoms with Gasteiger partial charge in [-0.05, 0) is 43.7 Å². The van der Waals surface area contributed by atoms with Crippen molar-refractivity contribution in [2.45, 2.75) is 32.7 Å². The van der Waals surface area contributed by atoms with E-state index in [-0.39, 0.29) is 18.0 Å². The molecule has 1 aliphatic heterocycles. The summed E-state index contributed by atoms with van der Waals surface area (Å²) >= 11 is 0. The first-order chi connectivity index (χ1) is 15.0. The molecular formula is C22H23F2N5O2. The van der Waals surface area contributed by atoms with Crippen LogP contribution in [0.3, 0.4) is 0 Å². The van der Waals surface area contributed by atoms with Crippen LogP contribution >= 0.6 is 0 Å². The monoisotopic (exact) mass is 427 g/mol. The quantitative estimate of drug-likeness (QED) is 0.621. The van der Waals surface area contributed by atoms with Crippen LogP contribution in [0.25, 0.3) is 11.1 Å². The Morgan fingerprint density at radius 2 is 1.81 bits per heavy atom. The summed E-state index contributed by atoms with van der Waals surface area (Å²) in [4.78, 5) is 6.70. The van der Waals surface area contributed by atoms with Gasteiger partial charge in [0.25, 0.3) is 0 Å². The maximum absolute atomic E-state index is 12.3. The Labute approximate surface area is 179 Å². The number of ether oxygens (including phenoxy) is 2. The fourth-order valence-corrected chi connectivity index (χ4v) is 3.60. The number of anilines is 3. The lowest BCUT2D eigenvalue weighted by atomic mass is 10.1. The molecule has 1 fully saturated rings. The van der Waals surface area contributed by atoms with Gasteiger partial charge in [0.15, 0.2) is 5.82 Å². The average Bonchev–Trinajstić information content (AvgIpc) is 2.74. The molecular weight excluding hydrogens is 404 g/mol. The highest BCUT2D eigenvalue weighted by Gasteiger charge is 2.23. The van der Waals surface area contributed by atoms with Gasteiger partial charge in [-0.2, -0.15) is 13.9 Å². The minimum atomic E-state index is -2.85. The average molecular weight is 427 g/mol. The van der Waals surface area contributed by atoms with Crippen LogP contribution < -0.4 is 15.0 Å². The minimum absolute atomic E-state index is 0.107. The molecule has 0 amide bonds. The van der Waals surface area contributed by atoms with Gasteiger partial charge in [-0.25, -0.2) is 4.98 Å². The molecule has 0 saturated carbocycles. The Morgan fingerprint density at radius 3 is 2.52 bits per heavy atom. The van der Waals surface area contributed by atoms with Crippen molar-refractivity contribution in [1.29, 1.82) is 0 Å². The molecule has 162 valence electrons. The normalized spacial score (nSPS) is 18.8. The largest absolute Gasteiger partial charge is 0.435 e. The number of aromatic nitrogens is 3. The summed E-state index contributed by atoms with van der Waals surface area (Å²) in [6.45, 7) is 2.82. The standard InChI is InChI=1S/C22H23F2N5O2/c1-14-12-29(13-15(2)30-14)21-10-18(7-8-25-21)27-20-9-17(11-26-28-20)16-3-5-19(6-4-16)31-22(23)24/h3-11,14-15,22H,12-13H2,1-2H3,(H,25,27,28)/t14-,15+. The first-order valence-corrected chi connectivity index (χ1v) is 9.98. The van der Waals surface area contributed by atoms with E-state index in [9.17, 15) is 8.78 Å². The van der Waals surface area contributed by atoms with Crippen LogP contribution in [0.5, 0.6) is 5.75 Å². The number of alkyl halides is 2. The summed E-state index contributed by atoms with van der Waals surface area (Å²) in [6.07, 6.45) is 3.65. The van der Waals surface area contributed by atoms with E-state index in [1.165, 1.54) is 12.1 Å². The summed E-state index contributed by atoms with van der Waals surface area (Å²) in [7, 11) is 0. The molecule has 0 radical (unpaired) electrons. The van der Waals surface area contributed by atoms with E-state index >= 15 is 0 Å². The van der Waals surface area contributed by atoms with Gasteiger partial charge in [-0.15, -0.1) is 5.10 Å². The Balaban J connectivity index is 1.49. The maximum atomic E-state index is 12.3. The smallest absolute Gasteiger partial charge is 0.387 e. The lowest BCUT2D eigenvalue weighted by Crippen LogP contribution is -2.45. The zero-order chi connectivity index (χ0) is 21.8. The summed E-state index contributed by atoms with van der Waals surface area (Å²) < 4.78 is 34.8. The number of pyridine rings is 1.